The van der Waals surface area contributed by atoms with Crippen LogP contribution in [0.25, 0.3) is 0 Å². The van der Waals surface area contributed by atoms with Crippen molar-refractivity contribution in [1.82, 2.24) is 0 Å². The molecule has 0 bridgehead atoms. The number of carbonyl (C=O) groups is 2. The van der Waals surface area contributed by atoms with Gasteiger partial charge in [-0.1, -0.05) is 23.3 Å². The van der Waals surface area contributed by atoms with E-state index in [2.05, 4.69) is 16.9 Å². The number of aliphatic carboxylic acids is 1. The maximum atomic E-state index is 11.2. The van der Waals surface area contributed by atoms with Gasteiger partial charge in [-0.25, -0.2) is 0 Å². The first-order chi connectivity index (χ1) is 23.9. The number of fused-ring (bicyclic) bond motifs is 2. The number of ether oxygens (including phenoxy) is 5. The van der Waals surface area contributed by atoms with E-state index in [1.807, 2.05) is 0 Å². The van der Waals surface area contributed by atoms with Crippen LogP contribution in [0.15, 0.2) is 23.3 Å². The summed E-state index contributed by atoms with van der Waals surface area (Å²) in [6.07, 6.45) is 21.6. The number of hydrogen-bond donors (Lipinski definition) is 3. The smallest absolute Gasteiger partial charge is 0.305 e. The molecule has 0 amide bonds. The summed E-state index contributed by atoms with van der Waals surface area (Å²) in [5.41, 5.74) is 2.94. The Morgan fingerprint density at radius 1 is 0.735 bits per heavy atom. The van der Waals surface area contributed by atoms with Gasteiger partial charge < -0.3 is 39.0 Å². The Balaban J connectivity index is 0.000000191. The van der Waals surface area contributed by atoms with Gasteiger partial charge in [0.25, 0.3) is 0 Å². The van der Waals surface area contributed by atoms with Crippen LogP contribution in [0.5, 0.6) is 0 Å². The highest BCUT2D eigenvalue weighted by molar-refractivity contribution is 5.69. The first-order valence-electron chi connectivity index (χ1n) is 19.3. The predicted molar refractivity (Wildman–Crippen MR) is 183 cm³/mol. The number of aliphatic hydroxyl groups is 2. The first kappa shape index (κ1) is 38.4. The molecule has 0 radical (unpaired) electrons. The minimum atomic E-state index is -0.720. The van der Waals surface area contributed by atoms with E-state index in [1.54, 1.807) is 0 Å². The topological polar surface area (TPSA) is 141 Å². The molecule has 10 nitrogen and oxygen atoms in total. The lowest BCUT2D eigenvalue weighted by Gasteiger charge is -2.29. The van der Waals surface area contributed by atoms with Crippen molar-refractivity contribution in [3.63, 3.8) is 0 Å². The summed E-state index contributed by atoms with van der Waals surface area (Å²) in [5.74, 6) is 1.86. The Labute approximate surface area is 292 Å². The fourth-order valence-electron chi connectivity index (χ4n) is 9.49. The second-order valence-electron chi connectivity index (χ2n) is 15.2. The van der Waals surface area contributed by atoms with E-state index in [1.165, 1.54) is 24.7 Å². The molecule has 10 heteroatoms. The number of aliphatic hydroxyl groups excluding tert-OH is 2. The number of carbonyl (C=O) groups excluding carboxylic acids is 1. The van der Waals surface area contributed by atoms with E-state index in [9.17, 15) is 19.8 Å². The van der Waals surface area contributed by atoms with E-state index in [0.29, 0.717) is 36.5 Å². The van der Waals surface area contributed by atoms with E-state index >= 15 is 0 Å². The van der Waals surface area contributed by atoms with Crippen LogP contribution in [-0.2, 0) is 33.3 Å². The lowest BCUT2D eigenvalue weighted by atomic mass is 9.92. The molecule has 2 saturated heterocycles. The molecule has 3 N–H and O–H groups in total. The fourth-order valence-corrected chi connectivity index (χ4v) is 9.49. The van der Waals surface area contributed by atoms with Gasteiger partial charge in [-0.05, 0) is 126 Å². The third-order valence-electron chi connectivity index (χ3n) is 12.0. The molecule has 0 aromatic rings. The van der Waals surface area contributed by atoms with Crippen molar-refractivity contribution in [3.05, 3.63) is 23.3 Å². The number of carboxylic acids is 1. The zero-order valence-electron chi connectivity index (χ0n) is 29.7. The molecule has 4 aliphatic carbocycles. The Morgan fingerprint density at radius 3 is 1.63 bits per heavy atom. The van der Waals surface area contributed by atoms with Crippen molar-refractivity contribution in [2.24, 2.45) is 35.5 Å². The van der Waals surface area contributed by atoms with Crippen LogP contribution >= 0.6 is 0 Å². The van der Waals surface area contributed by atoms with Gasteiger partial charge in [-0.2, -0.15) is 0 Å². The SMILES string of the molecule is COC(=O)CCC/C=C1\C[C@H]2C[C@@H](OC3CCCCO3)[C@H](CO)[C@H]2C1.O=C(O)CCC/C=C1\C[C@H]2C[C@@H](OC3CCCCO3)[C@H](CO)[C@H]2C1. The van der Waals surface area contributed by atoms with Crippen molar-refractivity contribution in [1.29, 1.82) is 0 Å². The number of rotatable bonds is 14. The van der Waals surface area contributed by atoms with Crippen LogP contribution in [0.1, 0.15) is 116 Å². The maximum Gasteiger partial charge on any atom is 0.305 e. The van der Waals surface area contributed by atoms with Gasteiger partial charge in [0.15, 0.2) is 12.6 Å². The van der Waals surface area contributed by atoms with Crippen molar-refractivity contribution in [2.75, 3.05) is 33.5 Å². The average molecular weight is 691 g/mol. The molecule has 6 rings (SSSR count). The third kappa shape index (κ3) is 11.1. The maximum absolute atomic E-state index is 11.2. The largest absolute Gasteiger partial charge is 0.481 e. The molecule has 10 atom stereocenters. The highest BCUT2D eigenvalue weighted by Gasteiger charge is 2.49. The number of unbranched alkanes of at least 4 members (excludes halogenated alkanes) is 2. The van der Waals surface area contributed by atoms with Gasteiger partial charge in [0.2, 0.25) is 0 Å². The van der Waals surface area contributed by atoms with Gasteiger partial charge in [0.05, 0.1) is 19.3 Å². The summed E-state index contributed by atoms with van der Waals surface area (Å²) >= 11 is 0. The predicted octanol–water partition coefficient (Wildman–Crippen LogP) is 6.32. The van der Waals surface area contributed by atoms with E-state index < -0.39 is 5.97 Å². The Hall–Kier alpha value is -1.82. The molecule has 278 valence electrons. The summed E-state index contributed by atoms with van der Waals surface area (Å²) in [7, 11) is 1.44. The van der Waals surface area contributed by atoms with Crippen LogP contribution in [-0.4, -0.2) is 85.6 Å². The molecule has 49 heavy (non-hydrogen) atoms. The molecule has 2 aliphatic heterocycles. The first-order valence-corrected chi connectivity index (χ1v) is 19.3. The molecule has 4 saturated carbocycles. The minimum Gasteiger partial charge on any atom is -0.481 e. The monoisotopic (exact) mass is 690 g/mol. The van der Waals surface area contributed by atoms with Crippen molar-refractivity contribution in [3.8, 4) is 0 Å². The average Bonchev–Trinajstić information content (AvgIpc) is 3.85. The summed E-state index contributed by atoms with van der Waals surface area (Å²) < 4.78 is 28.5. The number of hydrogen-bond acceptors (Lipinski definition) is 9. The lowest BCUT2D eigenvalue weighted by Crippen LogP contribution is -2.32. The number of carboxylic acid groups (broad SMARTS) is 1. The van der Waals surface area contributed by atoms with E-state index in [0.717, 1.165) is 103 Å². The highest BCUT2D eigenvalue weighted by Crippen LogP contribution is 2.52. The Bertz CT molecular complexity index is 1090. The fraction of sp³-hybridized carbons (Fsp3) is 0.846. The zero-order chi connectivity index (χ0) is 34.6. The van der Waals surface area contributed by atoms with Crippen LogP contribution in [0, 0.1) is 35.5 Å². The second-order valence-corrected chi connectivity index (χ2v) is 15.2. The standard InChI is InChI=1S/C20H32O5.C19H30O5/c1-23-19(22)7-3-2-6-14-10-15-12-18(17(13-21)16(15)11-14)25-20-8-4-5-9-24-20;20-12-16-15-10-13(5-1-2-6-18(21)22)9-14(15)11-17(16)24-19-7-3-4-8-23-19/h6,15-18,20-21H,2-5,7-13H2,1H3;5,14-17,19-20H,1-4,6-12H2,(H,21,22)/b14-6+;13-5+/t15-,16-,17+,18+,20?;14-,15-,16+,17+,19?/m00/s1. The molecule has 0 spiro atoms. The summed E-state index contributed by atoms with van der Waals surface area (Å²) in [6, 6.07) is 0. The molecule has 6 aliphatic rings. The summed E-state index contributed by atoms with van der Waals surface area (Å²) in [5, 5.41) is 28.5. The summed E-state index contributed by atoms with van der Waals surface area (Å²) in [6.45, 7) is 1.97. The Morgan fingerprint density at radius 2 is 1.22 bits per heavy atom. The van der Waals surface area contributed by atoms with Crippen molar-refractivity contribution >= 4 is 11.9 Å². The van der Waals surface area contributed by atoms with Crippen LogP contribution in [0.4, 0.5) is 0 Å². The second kappa shape index (κ2) is 19.7. The molecule has 2 unspecified atom stereocenters. The van der Waals surface area contributed by atoms with Gasteiger partial charge in [0, 0.05) is 51.1 Å². The van der Waals surface area contributed by atoms with Crippen LogP contribution in [0.3, 0.4) is 0 Å². The highest BCUT2D eigenvalue weighted by atomic mass is 16.7. The van der Waals surface area contributed by atoms with Gasteiger partial charge in [-0.15, -0.1) is 0 Å². The Kier molecular flexibility index (Phi) is 15.4. The van der Waals surface area contributed by atoms with Gasteiger partial charge in [-0.3, -0.25) is 9.59 Å². The molecule has 0 aromatic carbocycles. The molecular weight excluding hydrogens is 628 g/mol. The van der Waals surface area contributed by atoms with E-state index in [-0.39, 0.29) is 62.2 Å². The number of allylic oxidation sites excluding steroid dienone is 4. The van der Waals surface area contributed by atoms with Gasteiger partial charge in [0.1, 0.15) is 0 Å². The molecule has 0 aromatic heterocycles. The van der Waals surface area contributed by atoms with Gasteiger partial charge >= 0.3 is 11.9 Å². The van der Waals surface area contributed by atoms with E-state index in [4.69, 9.17) is 24.1 Å². The number of methoxy groups -OCH3 is 1. The number of esters is 1. The van der Waals surface area contributed by atoms with Crippen LogP contribution in [0.2, 0.25) is 0 Å². The van der Waals surface area contributed by atoms with Crippen molar-refractivity contribution in [2.45, 2.75) is 140 Å². The minimum absolute atomic E-state index is 0.0695. The zero-order valence-corrected chi connectivity index (χ0v) is 29.7. The van der Waals surface area contributed by atoms with Crippen molar-refractivity contribution < 1.29 is 48.6 Å². The lowest BCUT2D eigenvalue weighted by molar-refractivity contribution is -0.198. The molecule has 2 heterocycles. The molecular formula is C39H62O10. The van der Waals surface area contributed by atoms with Crippen LogP contribution < -0.4 is 0 Å². The summed E-state index contributed by atoms with van der Waals surface area (Å²) in [4.78, 5) is 21.7. The normalized spacial score (nSPS) is 37.1. The molecule has 6 fully saturated rings. The quantitative estimate of drug-likeness (QED) is 0.108. The third-order valence-corrected chi connectivity index (χ3v) is 12.0.